The third kappa shape index (κ3) is 6.53. The van der Waals surface area contributed by atoms with Crippen molar-refractivity contribution in [3.05, 3.63) is 64.2 Å². The Morgan fingerprint density at radius 3 is 2.42 bits per heavy atom. The second kappa shape index (κ2) is 10.6. The van der Waals surface area contributed by atoms with Gasteiger partial charge in [0.1, 0.15) is 4.21 Å². The summed E-state index contributed by atoms with van der Waals surface area (Å²) in [5.74, 6) is -0.679. The predicted octanol–water partition coefficient (Wildman–Crippen LogP) is 4.88. The van der Waals surface area contributed by atoms with Crippen molar-refractivity contribution < 1.29 is 18.3 Å². The number of aliphatic carboxylic acids is 1. The van der Waals surface area contributed by atoms with Crippen LogP contribution in [-0.2, 0) is 27.5 Å². The molecule has 5 nitrogen and oxygen atoms in total. The summed E-state index contributed by atoms with van der Waals surface area (Å²) in [4.78, 5) is 10.6. The van der Waals surface area contributed by atoms with E-state index < -0.39 is 15.8 Å². The number of sulfone groups is 1. The molecule has 0 spiro atoms. The Morgan fingerprint density at radius 1 is 1.06 bits per heavy atom. The zero-order chi connectivity index (χ0) is 22.4. The maximum atomic E-state index is 12.8. The monoisotopic (exact) mass is 479 g/mol. The number of benzene rings is 2. The van der Waals surface area contributed by atoms with Crippen LogP contribution in [0.15, 0.2) is 46.7 Å². The van der Waals surface area contributed by atoms with Crippen LogP contribution in [0.2, 0.25) is 5.02 Å². The maximum absolute atomic E-state index is 12.8. The smallest absolute Gasteiger partial charge is 0.303 e. The summed E-state index contributed by atoms with van der Waals surface area (Å²) in [5, 5.41) is 13.6. The second-order valence-corrected chi connectivity index (χ2v) is 11.3. The number of aryl methyl sites for hydroxylation is 2. The van der Waals surface area contributed by atoms with Crippen molar-refractivity contribution in [2.75, 3.05) is 18.8 Å². The van der Waals surface area contributed by atoms with Crippen LogP contribution in [-0.4, -0.2) is 38.3 Å². The first-order valence-corrected chi connectivity index (χ1v) is 13.0. The molecule has 3 rings (SSSR count). The van der Waals surface area contributed by atoms with Crippen molar-refractivity contribution in [3.8, 4) is 0 Å². The van der Waals surface area contributed by atoms with E-state index in [0.717, 1.165) is 34.2 Å². The summed E-state index contributed by atoms with van der Waals surface area (Å²) in [6.07, 6.45) is 2.06. The number of carboxylic acid groups (broad SMARTS) is 1. The molecule has 0 atom stereocenters. The van der Waals surface area contributed by atoms with E-state index in [1.807, 2.05) is 43.3 Å². The molecule has 166 valence electrons. The molecule has 8 heteroatoms. The van der Waals surface area contributed by atoms with E-state index in [9.17, 15) is 13.2 Å². The fraction of sp³-hybridized carbons (Fsp3) is 0.348. The highest BCUT2D eigenvalue weighted by atomic mass is 35.5. The molecule has 31 heavy (non-hydrogen) atoms. The van der Waals surface area contributed by atoms with E-state index in [0.29, 0.717) is 28.6 Å². The first kappa shape index (κ1) is 23.7. The lowest BCUT2D eigenvalue weighted by atomic mass is 10.1. The van der Waals surface area contributed by atoms with E-state index >= 15 is 0 Å². The van der Waals surface area contributed by atoms with Crippen LogP contribution in [0.5, 0.6) is 0 Å². The van der Waals surface area contributed by atoms with E-state index in [4.69, 9.17) is 16.7 Å². The first-order chi connectivity index (χ1) is 14.8. The molecule has 2 N–H and O–H groups in total. The number of carbonyl (C=O) groups is 1. The summed E-state index contributed by atoms with van der Waals surface area (Å²) in [6, 6.07) is 13.4. The van der Waals surface area contributed by atoms with Gasteiger partial charge < -0.3 is 10.4 Å². The molecular weight excluding hydrogens is 454 g/mol. The fourth-order valence-electron chi connectivity index (χ4n) is 3.43. The third-order valence-electron chi connectivity index (χ3n) is 5.14. The zero-order valence-corrected chi connectivity index (χ0v) is 19.7. The van der Waals surface area contributed by atoms with Crippen LogP contribution >= 0.6 is 22.9 Å². The van der Waals surface area contributed by atoms with Crippen molar-refractivity contribution in [2.24, 2.45) is 0 Å². The molecule has 3 aromatic rings. The molecule has 2 aromatic carbocycles. The highest BCUT2D eigenvalue weighted by molar-refractivity contribution is 7.93. The van der Waals surface area contributed by atoms with Gasteiger partial charge in [0.25, 0.3) is 0 Å². The number of nitrogens with one attached hydrogen (secondary N) is 1. The van der Waals surface area contributed by atoms with Crippen LogP contribution in [0, 0.1) is 6.92 Å². The maximum Gasteiger partial charge on any atom is 0.303 e. The molecule has 0 aliphatic heterocycles. The predicted molar refractivity (Wildman–Crippen MR) is 127 cm³/mol. The average Bonchev–Trinajstić information content (AvgIpc) is 3.06. The minimum atomic E-state index is -3.33. The normalized spacial score (nSPS) is 11.8. The summed E-state index contributed by atoms with van der Waals surface area (Å²) in [5.41, 5.74) is 2.96. The lowest BCUT2D eigenvalue weighted by molar-refractivity contribution is -0.136. The van der Waals surface area contributed by atoms with Crippen molar-refractivity contribution in [2.45, 2.75) is 36.8 Å². The van der Waals surface area contributed by atoms with Crippen LogP contribution in [0.3, 0.4) is 0 Å². The Morgan fingerprint density at radius 2 is 1.74 bits per heavy atom. The van der Waals surface area contributed by atoms with Gasteiger partial charge in [0.05, 0.1) is 5.75 Å². The van der Waals surface area contributed by atoms with Gasteiger partial charge in [-0.2, -0.15) is 0 Å². The van der Waals surface area contributed by atoms with Gasteiger partial charge in [0.2, 0.25) is 0 Å². The lowest BCUT2D eigenvalue weighted by Crippen LogP contribution is -2.21. The minimum absolute atomic E-state index is 0.111. The van der Waals surface area contributed by atoms with Crippen molar-refractivity contribution in [3.63, 3.8) is 0 Å². The van der Waals surface area contributed by atoms with Gasteiger partial charge >= 0.3 is 5.97 Å². The van der Waals surface area contributed by atoms with E-state index in [2.05, 4.69) is 5.32 Å². The number of hydrogen-bond acceptors (Lipinski definition) is 5. The summed E-state index contributed by atoms with van der Waals surface area (Å²) < 4.78 is 27.0. The Bertz CT molecular complexity index is 1150. The quantitative estimate of drug-likeness (QED) is 0.383. The van der Waals surface area contributed by atoms with Crippen molar-refractivity contribution >= 4 is 48.8 Å². The average molecular weight is 480 g/mol. The van der Waals surface area contributed by atoms with Gasteiger partial charge in [-0.1, -0.05) is 35.9 Å². The molecule has 0 aliphatic rings. The zero-order valence-electron chi connectivity index (χ0n) is 17.4. The van der Waals surface area contributed by atoms with Crippen LogP contribution in [0.1, 0.15) is 29.5 Å². The Balaban J connectivity index is 1.43. The number of hydrogen-bond donors (Lipinski definition) is 2. The van der Waals surface area contributed by atoms with E-state index in [1.54, 1.807) is 6.07 Å². The van der Waals surface area contributed by atoms with Gasteiger partial charge in [-0.05, 0) is 79.6 Å². The number of halogens is 1. The minimum Gasteiger partial charge on any atom is -0.481 e. The van der Waals surface area contributed by atoms with Crippen LogP contribution in [0.25, 0.3) is 10.1 Å². The van der Waals surface area contributed by atoms with Gasteiger partial charge in [-0.25, -0.2) is 8.42 Å². The molecular formula is C23H26ClNO4S2. The molecule has 0 amide bonds. The van der Waals surface area contributed by atoms with Gasteiger partial charge in [0, 0.05) is 16.1 Å². The van der Waals surface area contributed by atoms with E-state index in [1.165, 1.54) is 16.9 Å². The highest BCUT2D eigenvalue weighted by Crippen LogP contribution is 2.36. The summed E-state index contributed by atoms with van der Waals surface area (Å²) in [7, 11) is -3.33. The molecule has 0 saturated carbocycles. The standard InChI is InChI=1S/C23H26ClNO4S2/c1-16-20-15-19(24)8-9-21(20)30-23(16)31(28,29)14-2-12-25-13-11-18-5-3-17(4-6-18)7-10-22(26)27/h3-6,8-9,15,25H,2,7,10-14H2,1H3,(H,26,27). The van der Waals surface area contributed by atoms with Gasteiger partial charge in [-0.3, -0.25) is 4.79 Å². The van der Waals surface area contributed by atoms with E-state index in [-0.39, 0.29) is 12.2 Å². The molecule has 0 radical (unpaired) electrons. The summed E-state index contributed by atoms with van der Waals surface area (Å²) >= 11 is 7.36. The topological polar surface area (TPSA) is 83.5 Å². The number of thiophene rings is 1. The molecule has 1 aromatic heterocycles. The summed E-state index contributed by atoms with van der Waals surface area (Å²) in [6.45, 7) is 3.23. The first-order valence-electron chi connectivity index (χ1n) is 10.2. The molecule has 0 bridgehead atoms. The van der Waals surface area contributed by atoms with Gasteiger partial charge in [-0.15, -0.1) is 11.3 Å². The Kier molecular flexibility index (Phi) is 8.11. The van der Waals surface area contributed by atoms with Crippen LogP contribution < -0.4 is 5.32 Å². The molecule has 0 unspecified atom stereocenters. The molecule has 0 fully saturated rings. The Labute approximate surface area is 192 Å². The second-order valence-electron chi connectivity index (χ2n) is 7.54. The molecule has 0 saturated heterocycles. The fourth-order valence-corrected chi connectivity index (χ4v) is 6.84. The van der Waals surface area contributed by atoms with Gasteiger partial charge in [0.15, 0.2) is 9.84 Å². The number of rotatable bonds is 11. The van der Waals surface area contributed by atoms with Crippen LogP contribution in [0.4, 0.5) is 0 Å². The SMILES string of the molecule is Cc1c(S(=O)(=O)CCCNCCc2ccc(CCC(=O)O)cc2)sc2ccc(Cl)cc12. The number of carboxylic acids is 1. The third-order valence-corrected chi connectivity index (χ3v) is 9.16. The highest BCUT2D eigenvalue weighted by Gasteiger charge is 2.21. The molecule has 1 heterocycles. The number of fused-ring (bicyclic) bond motifs is 1. The lowest BCUT2D eigenvalue weighted by Gasteiger charge is -2.07. The largest absolute Gasteiger partial charge is 0.481 e. The Hall–Kier alpha value is -1.93. The van der Waals surface area contributed by atoms with Crippen molar-refractivity contribution in [1.29, 1.82) is 0 Å². The molecule has 0 aliphatic carbocycles. The van der Waals surface area contributed by atoms with Crippen molar-refractivity contribution in [1.82, 2.24) is 5.32 Å².